The zero-order chi connectivity index (χ0) is 13.5. The molecule has 0 bridgehead atoms. The molecule has 102 valence electrons. The molecule has 0 amide bonds. The number of hydrogen-bond acceptors (Lipinski definition) is 3. The summed E-state index contributed by atoms with van der Waals surface area (Å²) in [4.78, 5) is 8.60. The van der Waals surface area contributed by atoms with Gasteiger partial charge in [-0.25, -0.2) is 4.98 Å². The van der Waals surface area contributed by atoms with E-state index in [2.05, 4.69) is 32.8 Å². The highest BCUT2D eigenvalue weighted by Crippen LogP contribution is 2.17. The lowest BCUT2D eigenvalue weighted by atomic mass is 10.0. The maximum Gasteiger partial charge on any atom is 0.108 e. The van der Waals surface area contributed by atoms with Gasteiger partial charge in [0.1, 0.15) is 5.82 Å². The Bertz CT molecular complexity index is 478. The molecule has 2 aromatic heterocycles. The predicted molar refractivity (Wildman–Crippen MR) is 76.8 cm³/mol. The molecule has 0 fully saturated rings. The lowest BCUT2D eigenvalue weighted by molar-refractivity contribution is 0.490. The minimum atomic E-state index is 0.352. The Morgan fingerprint density at radius 3 is 2.89 bits per heavy atom. The van der Waals surface area contributed by atoms with Crippen LogP contribution in [0.4, 0.5) is 0 Å². The molecule has 2 aromatic rings. The summed E-state index contributed by atoms with van der Waals surface area (Å²) in [6.45, 7) is 3.21. The Hall–Kier alpha value is -1.68. The van der Waals surface area contributed by atoms with E-state index >= 15 is 0 Å². The maximum absolute atomic E-state index is 4.38. The van der Waals surface area contributed by atoms with Gasteiger partial charge in [-0.1, -0.05) is 13.0 Å². The average molecular weight is 258 g/mol. The molecule has 0 radical (unpaired) electrons. The Labute approximate surface area is 114 Å². The summed E-state index contributed by atoms with van der Waals surface area (Å²) in [5.41, 5.74) is 1.25. The quantitative estimate of drug-likeness (QED) is 0.829. The lowest BCUT2D eigenvalue weighted by Gasteiger charge is -2.18. The van der Waals surface area contributed by atoms with Crippen LogP contribution in [0.1, 0.15) is 37.2 Å². The SMILES string of the molecule is CCCNC(CCc1nccn1C)c1cccnc1. The van der Waals surface area contributed by atoms with Crippen molar-refractivity contribution in [1.29, 1.82) is 0 Å². The summed E-state index contributed by atoms with van der Waals surface area (Å²) in [5.74, 6) is 1.13. The van der Waals surface area contributed by atoms with Crippen molar-refractivity contribution in [1.82, 2.24) is 19.9 Å². The monoisotopic (exact) mass is 258 g/mol. The number of nitrogens with zero attached hydrogens (tertiary/aromatic N) is 3. The van der Waals surface area contributed by atoms with E-state index in [1.807, 2.05) is 37.9 Å². The molecule has 0 saturated carbocycles. The van der Waals surface area contributed by atoms with Crippen molar-refractivity contribution >= 4 is 0 Å². The zero-order valence-electron chi connectivity index (χ0n) is 11.7. The number of nitrogens with one attached hydrogen (secondary N) is 1. The lowest BCUT2D eigenvalue weighted by Crippen LogP contribution is -2.23. The molecule has 2 rings (SSSR count). The van der Waals surface area contributed by atoms with Gasteiger partial charge in [0.15, 0.2) is 0 Å². The number of aryl methyl sites for hydroxylation is 2. The van der Waals surface area contributed by atoms with Crippen LogP contribution in [0.5, 0.6) is 0 Å². The van der Waals surface area contributed by atoms with Crippen molar-refractivity contribution in [2.45, 2.75) is 32.2 Å². The topological polar surface area (TPSA) is 42.7 Å². The second kappa shape index (κ2) is 7.04. The Kier molecular flexibility index (Phi) is 5.10. The molecule has 0 saturated heterocycles. The van der Waals surface area contributed by atoms with Crippen LogP contribution in [0.3, 0.4) is 0 Å². The molecular weight excluding hydrogens is 236 g/mol. The second-order valence-corrected chi connectivity index (χ2v) is 4.79. The number of hydrogen-bond donors (Lipinski definition) is 1. The minimum Gasteiger partial charge on any atom is -0.338 e. The summed E-state index contributed by atoms with van der Waals surface area (Å²) in [7, 11) is 2.04. The molecule has 0 aliphatic carbocycles. The summed E-state index contributed by atoms with van der Waals surface area (Å²) in [6, 6.07) is 4.49. The van der Waals surface area contributed by atoms with Gasteiger partial charge in [0.25, 0.3) is 0 Å². The highest BCUT2D eigenvalue weighted by molar-refractivity contribution is 5.14. The van der Waals surface area contributed by atoms with Crippen LogP contribution in [0, 0.1) is 0 Å². The third-order valence-electron chi connectivity index (χ3n) is 3.31. The standard InChI is InChI=1S/C15H22N4/c1-3-8-17-14(13-5-4-9-16-12-13)6-7-15-18-10-11-19(15)2/h4-5,9-12,14,17H,3,6-8H2,1-2H3. The molecular formula is C15H22N4. The normalized spacial score (nSPS) is 12.5. The smallest absolute Gasteiger partial charge is 0.108 e. The van der Waals surface area contributed by atoms with Gasteiger partial charge in [-0.3, -0.25) is 4.98 Å². The molecule has 0 spiro atoms. The third-order valence-corrected chi connectivity index (χ3v) is 3.31. The molecule has 1 N–H and O–H groups in total. The molecule has 2 heterocycles. The van der Waals surface area contributed by atoms with E-state index in [4.69, 9.17) is 0 Å². The fourth-order valence-corrected chi connectivity index (χ4v) is 2.20. The van der Waals surface area contributed by atoms with E-state index in [0.29, 0.717) is 6.04 Å². The van der Waals surface area contributed by atoms with Crippen LogP contribution in [0.15, 0.2) is 36.9 Å². The largest absolute Gasteiger partial charge is 0.338 e. The van der Waals surface area contributed by atoms with Crippen molar-refractivity contribution in [3.05, 3.63) is 48.3 Å². The van der Waals surface area contributed by atoms with Gasteiger partial charge in [0.05, 0.1) is 0 Å². The molecule has 0 aliphatic rings. The van der Waals surface area contributed by atoms with Gasteiger partial charge in [0.2, 0.25) is 0 Å². The van der Waals surface area contributed by atoms with Gasteiger partial charge in [-0.05, 0) is 31.0 Å². The molecule has 19 heavy (non-hydrogen) atoms. The average Bonchev–Trinajstić information content (AvgIpc) is 2.85. The minimum absolute atomic E-state index is 0.352. The van der Waals surface area contributed by atoms with Crippen LogP contribution >= 0.6 is 0 Å². The summed E-state index contributed by atoms with van der Waals surface area (Å²) >= 11 is 0. The van der Waals surface area contributed by atoms with Crippen LogP contribution in [0.25, 0.3) is 0 Å². The number of pyridine rings is 1. The molecule has 0 aromatic carbocycles. The van der Waals surface area contributed by atoms with Crippen molar-refractivity contribution < 1.29 is 0 Å². The van der Waals surface area contributed by atoms with Crippen molar-refractivity contribution in [3.63, 3.8) is 0 Å². The van der Waals surface area contributed by atoms with Crippen LogP contribution in [0.2, 0.25) is 0 Å². The first-order valence-corrected chi connectivity index (χ1v) is 6.90. The first kappa shape index (κ1) is 13.7. The molecule has 4 heteroatoms. The van der Waals surface area contributed by atoms with E-state index in [1.165, 1.54) is 5.56 Å². The highest BCUT2D eigenvalue weighted by Gasteiger charge is 2.12. The first-order valence-electron chi connectivity index (χ1n) is 6.90. The van der Waals surface area contributed by atoms with Gasteiger partial charge in [0, 0.05) is 44.3 Å². The van der Waals surface area contributed by atoms with E-state index < -0.39 is 0 Å². The van der Waals surface area contributed by atoms with E-state index in [-0.39, 0.29) is 0 Å². The molecule has 1 unspecified atom stereocenters. The Balaban J connectivity index is 2.00. The second-order valence-electron chi connectivity index (χ2n) is 4.79. The molecule has 4 nitrogen and oxygen atoms in total. The van der Waals surface area contributed by atoms with Gasteiger partial charge < -0.3 is 9.88 Å². The van der Waals surface area contributed by atoms with Gasteiger partial charge in [-0.15, -0.1) is 0 Å². The van der Waals surface area contributed by atoms with Gasteiger partial charge in [-0.2, -0.15) is 0 Å². The van der Waals surface area contributed by atoms with E-state index in [0.717, 1.165) is 31.6 Å². The third kappa shape index (κ3) is 3.89. The molecule has 1 atom stereocenters. The Morgan fingerprint density at radius 2 is 2.26 bits per heavy atom. The maximum atomic E-state index is 4.38. The van der Waals surface area contributed by atoms with E-state index in [9.17, 15) is 0 Å². The summed E-state index contributed by atoms with van der Waals surface area (Å²) in [5, 5.41) is 3.59. The zero-order valence-corrected chi connectivity index (χ0v) is 11.7. The fourth-order valence-electron chi connectivity index (χ4n) is 2.20. The number of aromatic nitrogens is 3. The van der Waals surface area contributed by atoms with Crippen LogP contribution in [-0.4, -0.2) is 21.1 Å². The first-order chi connectivity index (χ1) is 9.31. The van der Waals surface area contributed by atoms with E-state index in [1.54, 1.807) is 0 Å². The summed E-state index contributed by atoms with van der Waals surface area (Å²) in [6.07, 6.45) is 10.8. The number of rotatable bonds is 7. The van der Waals surface area contributed by atoms with Crippen molar-refractivity contribution in [2.75, 3.05) is 6.54 Å². The predicted octanol–water partition coefficient (Wildman–Crippen LogP) is 2.49. The molecule has 0 aliphatic heterocycles. The van der Waals surface area contributed by atoms with Gasteiger partial charge >= 0.3 is 0 Å². The fraction of sp³-hybridized carbons (Fsp3) is 0.467. The van der Waals surface area contributed by atoms with Crippen LogP contribution in [-0.2, 0) is 13.5 Å². The van der Waals surface area contributed by atoms with Crippen molar-refractivity contribution in [3.8, 4) is 0 Å². The highest BCUT2D eigenvalue weighted by atomic mass is 15.0. The number of imidazole rings is 1. The van der Waals surface area contributed by atoms with Crippen molar-refractivity contribution in [2.24, 2.45) is 7.05 Å². The van der Waals surface area contributed by atoms with Crippen LogP contribution < -0.4 is 5.32 Å². The Morgan fingerprint density at radius 1 is 1.37 bits per heavy atom. The summed E-state index contributed by atoms with van der Waals surface area (Å²) < 4.78 is 2.08.